The minimum Gasteiger partial charge on any atom is -0.376 e. The Bertz CT molecular complexity index is 576. The molecule has 1 N–H and O–H groups in total. The number of ether oxygens (including phenoxy) is 1. The van der Waals surface area contributed by atoms with Crippen LogP contribution in [0.3, 0.4) is 0 Å². The van der Waals surface area contributed by atoms with Crippen molar-refractivity contribution >= 4 is 11.6 Å². The molecular weight excluding hydrogens is 316 g/mol. The van der Waals surface area contributed by atoms with Crippen molar-refractivity contribution in [1.82, 2.24) is 14.8 Å². The molecule has 1 aromatic heterocycles. The summed E-state index contributed by atoms with van der Waals surface area (Å²) in [6.45, 7) is 7.21. The predicted octanol–water partition coefficient (Wildman–Crippen LogP) is 1.45. The highest BCUT2D eigenvalue weighted by atomic mass is 16.5. The third-order valence-corrected chi connectivity index (χ3v) is 5.84. The maximum absolute atomic E-state index is 12.6. The molecule has 6 nitrogen and oxygen atoms in total. The van der Waals surface area contributed by atoms with Crippen LogP contribution in [-0.4, -0.2) is 72.7 Å². The fraction of sp³-hybridized carbons (Fsp3) is 0.684. The van der Waals surface area contributed by atoms with Gasteiger partial charge >= 0.3 is 0 Å². The van der Waals surface area contributed by atoms with Crippen molar-refractivity contribution in [3.05, 3.63) is 24.5 Å². The number of rotatable bonds is 5. The number of fused-ring (bicyclic) bond motifs is 1. The monoisotopic (exact) mass is 344 g/mol. The largest absolute Gasteiger partial charge is 0.376 e. The molecule has 1 amide bonds. The van der Waals surface area contributed by atoms with E-state index in [-0.39, 0.29) is 17.9 Å². The second-order valence-corrected chi connectivity index (χ2v) is 7.53. The number of amides is 1. The maximum atomic E-state index is 12.6. The number of piperidine rings is 1. The van der Waals surface area contributed by atoms with Crippen molar-refractivity contribution in [3.8, 4) is 0 Å². The number of aromatic nitrogens is 1. The van der Waals surface area contributed by atoms with E-state index in [0.717, 1.165) is 31.9 Å². The van der Waals surface area contributed by atoms with Gasteiger partial charge < -0.3 is 15.0 Å². The minimum atomic E-state index is -0.0507. The first kappa shape index (κ1) is 16.9. The molecule has 3 aliphatic rings. The number of nitrogens with one attached hydrogen (secondary N) is 1. The number of anilines is 1. The van der Waals surface area contributed by atoms with Gasteiger partial charge in [0.25, 0.3) is 0 Å². The Kier molecular flexibility index (Phi) is 5.29. The van der Waals surface area contributed by atoms with E-state index in [1.807, 2.05) is 12.1 Å². The van der Waals surface area contributed by atoms with Gasteiger partial charge in [-0.1, -0.05) is 6.42 Å². The first-order chi connectivity index (χ1) is 12.3. The van der Waals surface area contributed by atoms with Gasteiger partial charge in [0.2, 0.25) is 5.91 Å². The topological polar surface area (TPSA) is 57.7 Å². The zero-order valence-electron chi connectivity index (χ0n) is 14.8. The van der Waals surface area contributed by atoms with Gasteiger partial charge in [0.1, 0.15) is 0 Å². The van der Waals surface area contributed by atoms with Crippen LogP contribution in [0.4, 0.5) is 5.69 Å². The molecule has 4 rings (SSSR count). The van der Waals surface area contributed by atoms with E-state index in [2.05, 4.69) is 20.1 Å². The van der Waals surface area contributed by atoms with Gasteiger partial charge in [-0.2, -0.15) is 0 Å². The molecule has 3 fully saturated rings. The molecule has 3 saturated heterocycles. The van der Waals surface area contributed by atoms with Crippen LogP contribution in [-0.2, 0) is 9.53 Å². The molecule has 3 atom stereocenters. The predicted molar refractivity (Wildman–Crippen MR) is 96.3 cm³/mol. The zero-order valence-corrected chi connectivity index (χ0v) is 14.8. The summed E-state index contributed by atoms with van der Waals surface area (Å²) in [7, 11) is 0. The number of carbonyl (C=O) groups excluding carboxylic acids is 1. The average Bonchev–Trinajstić information content (AvgIpc) is 3.22. The van der Waals surface area contributed by atoms with Crippen LogP contribution in [0, 0.1) is 11.8 Å². The summed E-state index contributed by atoms with van der Waals surface area (Å²) >= 11 is 0. The Labute approximate surface area is 149 Å². The van der Waals surface area contributed by atoms with Crippen LogP contribution >= 0.6 is 0 Å². The number of likely N-dealkylation sites (tertiary alicyclic amines) is 2. The van der Waals surface area contributed by atoms with Gasteiger partial charge in [0.05, 0.1) is 30.5 Å². The zero-order chi connectivity index (χ0) is 17.1. The van der Waals surface area contributed by atoms with E-state index in [1.165, 1.54) is 32.4 Å². The van der Waals surface area contributed by atoms with Crippen molar-refractivity contribution < 1.29 is 9.53 Å². The number of nitrogens with zero attached hydrogens (tertiary/aromatic N) is 3. The smallest absolute Gasteiger partial charge is 0.230 e. The maximum Gasteiger partial charge on any atom is 0.230 e. The van der Waals surface area contributed by atoms with Gasteiger partial charge in [-0.3, -0.25) is 14.7 Å². The Balaban J connectivity index is 1.28. The molecule has 0 aromatic carbocycles. The van der Waals surface area contributed by atoms with Crippen LogP contribution in [0.15, 0.2) is 24.5 Å². The van der Waals surface area contributed by atoms with Crippen LogP contribution in [0.25, 0.3) is 0 Å². The van der Waals surface area contributed by atoms with E-state index in [0.29, 0.717) is 12.5 Å². The highest BCUT2D eigenvalue weighted by Gasteiger charge is 2.46. The van der Waals surface area contributed by atoms with Gasteiger partial charge in [-0.25, -0.2) is 0 Å². The lowest BCUT2D eigenvalue weighted by Gasteiger charge is -2.28. The molecule has 0 aliphatic carbocycles. The lowest BCUT2D eigenvalue weighted by atomic mass is 9.92. The summed E-state index contributed by atoms with van der Waals surface area (Å²) in [6, 6.07) is 3.71. The summed E-state index contributed by atoms with van der Waals surface area (Å²) < 4.78 is 5.94. The Hall–Kier alpha value is -1.50. The Morgan fingerprint density at radius 1 is 1.20 bits per heavy atom. The van der Waals surface area contributed by atoms with Crippen molar-refractivity contribution in [2.45, 2.75) is 25.4 Å². The van der Waals surface area contributed by atoms with E-state index in [1.54, 1.807) is 12.4 Å². The molecule has 0 spiro atoms. The summed E-state index contributed by atoms with van der Waals surface area (Å²) in [4.78, 5) is 21.7. The number of pyridine rings is 1. The number of hydrogen-bond donors (Lipinski definition) is 1. The summed E-state index contributed by atoms with van der Waals surface area (Å²) in [5.74, 6) is 0.335. The van der Waals surface area contributed by atoms with Crippen molar-refractivity contribution in [1.29, 1.82) is 0 Å². The fourth-order valence-electron chi connectivity index (χ4n) is 4.38. The third kappa shape index (κ3) is 4.02. The number of hydrogen-bond acceptors (Lipinski definition) is 5. The van der Waals surface area contributed by atoms with Gasteiger partial charge in [-0.05, 0) is 38.1 Å². The SMILES string of the molecule is O=C(Nc1cccnc1)[C@H]1CO[C@@H]2CN(CCN3CCCCC3)C[C@H]12. The molecule has 136 valence electrons. The highest BCUT2D eigenvalue weighted by Crippen LogP contribution is 2.34. The lowest BCUT2D eigenvalue weighted by molar-refractivity contribution is -0.120. The molecule has 25 heavy (non-hydrogen) atoms. The quantitative estimate of drug-likeness (QED) is 0.876. The highest BCUT2D eigenvalue weighted by molar-refractivity contribution is 5.92. The number of carbonyl (C=O) groups is 1. The van der Waals surface area contributed by atoms with E-state index < -0.39 is 0 Å². The van der Waals surface area contributed by atoms with E-state index in [9.17, 15) is 4.79 Å². The normalized spacial score (nSPS) is 30.3. The molecule has 0 bridgehead atoms. The molecule has 0 unspecified atom stereocenters. The van der Waals surface area contributed by atoms with E-state index in [4.69, 9.17) is 4.74 Å². The van der Waals surface area contributed by atoms with Crippen LogP contribution in [0.5, 0.6) is 0 Å². The second-order valence-electron chi connectivity index (χ2n) is 7.53. The van der Waals surface area contributed by atoms with Crippen molar-refractivity contribution in [2.75, 3.05) is 51.2 Å². The van der Waals surface area contributed by atoms with Gasteiger partial charge in [-0.15, -0.1) is 0 Å². The molecule has 0 saturated carbocycles. The molecule has 4 heterocycles. The second kappa shape index (κ2) is 7.81. The van der Waals surface area contributed by atoms with Crippen LogP contribution in [0.1, 0.15) is 19.3 Å². The van der Waals surface area contributed by atoms with Gasteiger partial charge in [0, 0.05) is 38.3 Å². The molecule has 3 aliphatic heterocycles. The van der Waals surface area contributed by atoms with Crippen LogP contribution < -0.4 is 5.32 Å². The van der Waals surface area contributed by atoms with Gasteiger partial charge in [0.15, 0.2) is 0 Å². The molecule has 1 aromatic rings. The van der Waals surface area contributed by atoms with Crippen molar-refractivity contribution in [3.63, 3.8) is 0 Å². The Morgan fingerprint density at radius 3 is 2.84 bits per heavy atom. The molecular formula is C19H28N4O2. The molecule has 6 heteroatoms. The van der Waals surface area contributed by atoms with Crippen molar-refractivity contribution in [2.24, 2.45) is 11.8 Å². The average molecular weight is 344 g/mol. The summed E-state index contributed by atoms with van der Waals surface area (Å²) in [5.41, 5.74) is 0.760. The standard InChI is InChI=1S/C19H28N4O2/c24-19(21-15-5-4-6-20-11-15)17-14-25-18-13-23(12-16(17)18)10-9-22-7-2-1-3-8-22/h4-6,11,16-18H,1-3,7-10,12-14H2,(H,21,24)/t16-,17+,18-/m1/s1. The summed E-state index contributed by atoms with van der Waals surface area (Å²) in [6.07, 6.45) is 7.67. The minimum absolute atomic E-state index is 0.0507. The first-order valence-electron chi connectivity index (χ1n) is 9.57. The lowest BCUT2D eigenvalue weighted by Crippen LogP contribution is -2.38. The molecule has 0 radical (unpaired) electrons. The Morgan fingerprint density at radius 2 is 2.04 bits per heavy atom. The fourth-order valence-corrected chi connectivity index (χ4v) is 4.38. The third-order valence-electron chi connectivity index (χ3n) is 5.84. The summed E-state index contributed by atoms with van der Waals surface area (Å²) in [5, 5.41) is 2.99. The first-order valence-corrected chi connectivity index (χ1v) is 9.57. The van der Waals surface area contributed by atoms with Crippen LogP contribution in [0.2, 0.25) is 0 Å². The van der Waals surface area contributed by atoms with E-state index >= 15 is 0 Å².